The summed E-state index contributed by atoms with van der Waals surface area (Å²) in [6.07, 6.45) is 1.86. The summed E-state index contributed by atoms with van der Waals surface area (Å²) in [6, 6.07) is 21.9. The van der Waals surface area contributed by atoms with Gasteiger partial charge in [-0.05, 0) is 66.6 Å². The highest BCUT2D eigenvalue weighted by Crippen LogP contribution is 2.29. The highest BCUT2D eigenvalue weighted by Gasteiger charge is 2.00. The van der Waals surface area contributed by atoms with E-state index in [-0.39, 0.29) is 0 Å². The molecule has 0 saturated heterocycles. The minimum atomic E-state index is 0.736. The lowest BCUT2D eigenvalue weighted by molar-refractivity contribution is 1.39. The fourth-order valence-electron chi connectivity index (χ4n) is 2.14. The van der Waals surface area contributed by atoms with Crippen molar-refractivity contribution in [2.45, 2.75) is 16.7 Å². The average molecular weight is 372 g/mol. The summed E-state index contributed by atoms with van der Waals surface area (Å²) in [6.45, 7) is 1.97. The van der Waals surface area contributed by atoms with Crippen LogP contribution in [0, 0.1) is 6.92 Å². The van der Waals surface area contributed by atoms with E-state index in [1.54, 1.807) is 11.8 Å². The predicted molar refractivity (Wildman–Crippen MR) is 105 cm³/mol. The van der Waals surface area contributed by atoms with Crippen molar-refractivity contribution in [1.29, 1.82) is 0 Å². The van der Waals surface area contributed by atoms with E-state index < -0.39 is 0 Å². The highest BCUT2D eigenvalue weighted by molar-refractivity contribution is 7.99. The number of hydrogen-bond donors (Lipinski definition) is 0. The fraction of sp³-hybridized carbons (Fsp3) is 0.0500. The molecule has 0 fully saturated rings. The summed E-state index contributed by atoms with van der Waals surface area (Å²) in [5.41, 5.74) is 2.93. The molecule has 0 saturated carbocycles. The predicted octanol–water partition coefficient (Wildman–Crippen LogP) is 7.20. The second-order valence-electron chi connectivity index (χ2n) is 5.27. The topological polar surface area (TPSA) is 12.4 Å². The molecule has 0 aromatic heterocycles. The third-order valence-electron chi connectivity index (χ3n) is 3.52. The number of hydrogen-bond acceptors (Lipinski definition) is 2. The maximum Gasteiger partial charge on any atom is 0.0673 e. The van der Waals surface area contributed by atoms with E-state index in [1.807, 2.05) is 55.6 Å². The lowest BCUT2D eigenvalue weighted by atomic mass is 10.2. The van der Waals surface area contributed by atoms with E-state index in [0.29, 0.717) is 0 Å². The van der Waals surface area contributed by atoms with Crippen molar-refractivity contribution in [3.8, 4) is 0 Å². The Labute approximate surface area is 156 Å². The maximum atomic E-state index is 6.12. The van der Waals surface area contributed by atoms with Crippen LogP contribution in [0.2, 0.25) is 10.0 Å². The Balaban J connectivity index is 1.71. The van der Waals surface area contributed by atoms with Gasteiger partial charge in [-0.2, -0.15) is 0 Å². The molecule has 0 N–H and O–H groups in total. The van der Waals surface area contributed by atoms with E-state index >= 15 is 0 Å². The lowest BCUT2D eigenvalue weighted by Gasteiger charge is -2.03. The average Bonchev–Trinajstić information content (AvgIpc) is 2.59. The van der Waals surface area contributed by atoms with Gasteiger partial charge in [0.1, 0.15) is 0 Å². The Hall–Kier alpha value is -1.74. The number of halogens is 2. The van der Waals surface area contributed by atoms with Crippen LogP contribution in [0.25, 0.3) is 0 Å². The van der Waals surface area contributed by atoms with E-state index in [1.165, 1.54) is 4.90 Å². The zero-order valence-electron chi connectivity index (χ0n) is 13.0. The van der Waals surface area contributed by atoms with Gasteiger partial charge < -0.3 is 0 Å². The Morgan fingerprint density at radius 3 is 2.12 bits per heavy atom. The van der Waals surface area contributed by atoms with Crippen LogP contribution < -0.4 is 0 Å². The van der Waals surface area contributed by atoms with Crippen LogP contribution in [0.1, 0.15) is 11.1 Å². The normalized spacial score (nSPS) is 11.1. The quantitative estimate of drug-likeness (QED) is 0.441. The molecule has 0 aliphatic rings. The largest absolute Gasteiger partial charge is 0.256 e. The number of benzene rings is 3. The number of nitrogens with zero attached hydrogens (tertiary/aromatic N) is 1. The van der Waals surface area contributed by atoms with Crippen LogP contribution in [-0.4, -0.2) is 6.21 Å². The standard InChI is InChI=1S/C20H15Cl2NS/c1-14-19(22)3-2-4-20(14)23-13-15-5-9-17(10-6-15)24-18-11-7-16(21)8-12-18/h2-13H,1H3. The van der Waals surface area contributed by atoms with Crippen LogP contribution in [0.15, 0.2) is 81.5 Å². The molecular weight excluding hydrogens is 357 g/mol. The van der Waals surface area contributed by atoms with Crippen molar-refractivity contribution in [2.24, 2.45) is 4.99 Å². The third-order valence-corrected chi connectivity index (χ3v) is 5.20. The summed E-state index contributed by atoms with van der Waals surface area (Å²) in [7, 11) is 0. The smallest absolute Gasteiger partial charge is 0.0673 e. The fourth-order valence-corrected chi connectivity index (χ4v) is 3.25. The van der Waals surface area contributed by atoms with Gasteiger partial charge in [-0.15, -0.1) is 0 Å². The summed E-state index contributed by atoms with van der Waals surface area (Å²) in [5.74, 6) is 0. The van der Waals surface area contributed by atoms with Crippen LogP contribution in [0.4, 0.5) is 5.69 Å². The van der Waals surface area contributed by atoms with Gasteiger partial charge in [0.2, 0.25) is 0 Å². The molecule has 0 aliphatic heterocycles. The van der Waals surface area contributed by atoms with Crippen molar-refractivity contribution in [3.63, 3.8) is 0 Å². The zero-order chi connectivity index (χ0) is 16.9. The lowest BCUT2D eigenvalue weighted by Crippen LogP contribution is -1.82. The van der Waals surface area contributed by atoms with E-state index in [0.717, 1.165) is 31.8 Å². The van der Waals surface area contributed by atoms with Gasteiger partial charge in [-0.25, -0.2) is 0 Å². The van der Waals surface area contributed by atoms with Gasteiger partial charge in [0.15, 0.2) is 0 Å². The van der Waals surface area contributed by atoms with Gasteiger partial charge in [-0.3, -0.25) is 4.99 Å². The van der Waals surface area contributed by atoms with E-state index in [2.05, 4.69) is 29.3 Å². The third kappa shape index (κ3) is 4.41. The maximum absolute atomic E-state index is 6.12. The van der Waals surface area contributed by atoms with Gasteiger partial charge in [0, 0.05) is 26.1 Å². The van der Waals surface area contributed by atoms with Gasteiger partial charge in [0.05, 0.1) is 5.69 Å². The van der Waals surface area contributed by atoms with Crippen LogP contribution in [0.5, 0.6) is 0 Å². The first-order chi connectivity index (χ1) is 11.6. The molecule has 1 nitrogen and oxygen atoms in total. The molecule has 0 heterocycles. The molecule has 0 amide bonds. The summed E-state index contributed by atoms with van der Waals surface area (Å²) in [4.78, 5) is 6.87. The van der Waals surface area contributed by atoms with E-state index in [4.69, 9.17) is 23.2 Å². The van der Waals surface area contributed by atoms with Gasteiger partial charge >= 0.3 is 0 Å². The van der Waals surface area contributed by atoms with Gasteiger partial charge in [-0.1, -0.05) is 53.2 Å². The second kappa shape index (κ2) is 7.89. The summed E-state index contributed by atoms with van der Waals surface area (Å²) < 4.78 is 0. The molecule has 3 aromatic carbocycles. The van der Waals surface area contributed by atoms with Gasteiger partial charge in [0.25, 0.3) is 0 Å². The number of aliphatic imine (C=N–C) groups is 1. The summed E-state index contributed by atoms with van der Waals surface area (Å²) >= 11 is 13.7. The molecule has 0 atom stereocenters. The minimum Gasteiger partial charge on any atom is -0.256 e. The SMILES string of the molecule is Cc1c(Cl)cccc1N=Cc1ccc(Sc2ccc(Cl)cc2)cc1. The first-order valence-electron chi connectivity index (χ1n) is 7.44. The molecule has 4 heteroatoms. The summed E-state index contributed by atoms with van der Waals surface area (Å²) in [5, 5.41) is 1.49. The Morgan fingerprint density at radius 1 is 0.833 bits per heavy atom. The molecular formula is C20H15Cl2NS. The molecule has 24 heavy (non-hydrogen) atoms. The molecule has 120 valence electrons. The molecule has 0 bridgehead atoms. The molecule has 0 spiro atoms. The molecule has 0 radical (unpaired) electrons. The number of rotatable bonds is 4. The van der Waals surface area contributed by atoms with Crippen molar-refractivity contribution in [3.05, 3.63) is 87.9 Å². The Bertz CT molecular complexity index is 856. The van der Waals surface area contributed by atoms with Crippen LogP contribution >= 0.6 is 35.0 Å². The Morgan fingerprint density at radius 2 is 1.46 bits per heavy atom. The first kappa shape index (κ1) is 17.1. The zero-order valence-corrected chi connectivity index (χ0v) is 15.4. The van der Waals surface area contributed by atoms with Crippen molar-refractivity contribution < 1.29 is 0 Å². The molecule has 3 aromatic rings. The molecule has 0 unspecified atom stereocenters. The first-order valence-corrected chi connectivity index (χ1v) is 9.02. The highest BCUT2D eigenvalue weighted by atomic mass is 35.5. The minimum absolute atomic E-state index is 0.736. The van der Waals surface area contributed by atoms with Crippen molar-refractivity contribution in [1.82, 2.24) is 0 Å². The van der Waals surface area contributed by atoms with Crippen molar-refractivity contribution in [2.75, 3.05) is 0 Å². The Kier molecular flexibility index (Phi) is 5.62. The van der Waals surface area contributed by atoms with E-state index in [9.17, 15) is 0 Å². The van der Waals surface area contributed by atoms with Crippen LogP contribution in [0.3, 0.4) is 0 Å². The molecule has 3 rings (SSSR count). The monoisotopic (exact) mass is 371 g/mol. The van der Waals surface area contributed by atoms with Crippen LogP contribution in [-0.2, 0) is 0 Å². The molecule has 0 aliphatic carbocycles. The second-order valence-corrected chi connectivity index (χ2v) is 7.26. The van der Waals surface area contributed by atoms with Crippen molar-refractivity contribution >= 4 is 46.9 Å².